The number of hydrogen-bond acceptors (Lipinski definition) is 5. The third kappa shape index (κ3) is 5.12. The summed E-state index contributed by atoms with van der Waals surface area (Å²) >= 11 is 0. The molecule has 0 saturated carbocycles. The Hall–Kier alpha value is -2.50. The molecule has 1 rings (SSSR count). The van der Waals surface area contributed by atoms with Gasteiger partial charge in [-0.3, -0.25) is 4.79 Å². The summed E-state index contributed by atoms with van der Waals surface area (Å²) in [6.07, 6.45) is 2.00. The smallest absolute Gasteiger partial charge is 0.331 e. The lowest BCUT2D eigenvalue weighted by Gasteiger charge is -2.16. The summed E-state index contributed by atoms with van der Waals surface area (Å²) in [5.74, 6) is 0.362. The maximum atomic E-state index is 11.7. The fourth-order valence-electron chi connectivity index (χ4n) is 1.72. The number of benzene rings is 1. The van der Waals surface area contributed by atoms with E-state index in [1.54, 1.807) is 52.6 Å². The van der Waals surface area contributed by atoms with Crippen LogP contribution in [0.4, 0.5) is 0 Å². The van der Waals surface area contributed by atoms with Gasteiger partial charge in [-0.15, -0.1) is 0 Å². The van der Waals surface area contributed by atoms with Gasteiger partial charge in [0.2, 0.25) is 0 Å². The second-order valence-corrected chi connectivity index (χ2v) is 4.79. The molecule has 1 aromatic rings. The van der Waals surface area contributed by atoms with Crippen LogP contribution in [-0.2, 0) is 14.3 Å². The average Bonchev–Trinajstić information content (AvgIpc) is 2.51. The molecule has 1 amide bonds. The minimum atomic E-state index is -0.827. The van der Waals surface area contributed by atoms with Gasteiger partial charge < -0.3 is 19.1 Å². The third-order valence-corrected chi connectivity index (χ3v) is 2.87. The van der Waals surface area contributed by atoms with Crippen molar-refractivity contribution in [1.29, 1.82) is 0 Å². The van der Waals surface area contributed by atoms with Crippen LogP contribution >= 0.6 is 0 Å². The molecule has 120 valence electrons. The predicted molar refractivity (Wildman–Crippen MR) is 82.8 cm³/mol. The van der Waals surface area contributed by atoms with Crippen molar-refractivity contribution in [3.8, 4) is 11.5 Å². The summed E-state index contributed by atoms with van der Waals surface area (Å²) in [6, 6.07) is 5.23. The number of rotatable bonds is 6. The summed E-state index contributed by atoms with van der Waals surface area (Å²) in [5, 5.41) is 0. The van der Waals surface area contributed by atoms with Crippen molar-refractivity contribution in [3.63, 3.8) is 0 Å². The molecule has 0 aliphatic heterocycles. The van der Waals surface area contributed by atoms with Crippen molar-refractivity contribution in [1.82, 2.24) is 4.90 Å². The van der Waals surface area contributed by atoms with Crippen LogP contribution in [0.25, 0.3) is 6.08 Å². The fourth-order valence-corrected chi connectivity index (χ4v) is 1.72. The first-order valence-corrected chi connectivity index (χ1v) is 6.70. The van der Waals surface area contributed by atoms with Crippen LogP contribution in [-0.4, -0.2) is 51.2 Å². The van der Waals surface area contributed by atoms with Gasteiger partial charge in [-0.2, -0.15) is 0 Å². The number of amides is 1. The number of ether oxygens (including phenoxy) is 3. The molecule has 0 aliphatic rings. The van der Waals surface area contributed by atoms with Crippen molar-refractivity contribution in [2.24, 2.45) is 0 Å². The molecule has 6 heteroatoms. The van der Waals surface area contributed by atoms with Crippen LogP contribution in [0.5, 0.6) is 11.5 Å². The first-order chi connectivity index (χ1) is 10.4. The lowest BCUT2D eigenvalue weighted by atomic mass is 10.2. The zero-order chi connectivity index (χ0) is 16.7. The van der Waals surface area contributed by atoms with Gasteiger partial charge >= 0.3 is 5.97 Å². The standard InChI is InChI=1S/C16H21NO5/c1-11(16(19)17(2)3)22-15(18)7-6-12-8-13(20-4)10-14(9-12)21-5/h6-11H,1-5H3/b7-6+/t11-/m0/s1. The maximum Gasteiger partial charge on any atom is 0.331 e. The maximum absolute atomic E-state index is 11.7. The van der Waals surface area contributed by atoms with E-state index in [2.05, 4.69) is 0 Å². The molecule has 0 fully saturated rings. The van der Waals surface area contributed by atoms with E-state index in [-0.39, 0.29) is 5.91 Å². The minimum Gasteiger partial charge on any atom is -0.497 e. The van der Waals surface area contributed by atoms with E-state index < -0.39 is 12.1 Å². The Morgan fingerprint density at radius 2 is 1.64 bits per heavy atom. The van der Waals surface area contributed by atoms with Gasteiger partial charge in [0.15, 0.2) is 6.10 Å². The molecule has 6 nitrogen and oxygen atoms in total. The predicted octanol–water partition coefficient (Wildman–Crippen LogP) is 1.74. The lowest BCUT2D eigenvalue weighted by molar-refractivity contribution is -0.153. The molecule has 1 atom stereocenters. The fraction of sp³-hybridized carbons (Fsp3) is 0.375. The van der Waals surface area contributed by atoms with Crippen LogP contribution in [0.15, 0.2) is 24.3 Å². The first-order valence-electron chi connectivity index (χ1n) is 6.70. The van der Waals surface area contributed by atoms with E-state index in [1.165, 1.54) is 17.9 Å². The van der Waals surface area contributed by atoms with E-state index in [1.807, 2.05) is 0 Å². The molecule has 1 aromatic carbocycles. The van der Waals surface area contributed by atoms with E-state index in [0.717, 1.165) is 5.56 Å². The SMILES string of the molecule is COc1cc(/C=C/C(=O)O[C@@H](C)C(=O)N(C)C)cc(OC)c1. The summed E-state index contributed by atoms with van der Waals surface area (Å²) in [7, 11) is 6.30. The van der Waals surface area contributed by atoms with Gasteiger partial charge in [0, 0.05) is 26.2 Å². The van der Waals surface area contributed by atoms with Gasteiger partial charge in [0.25, 0.3) is 5.91 Å². The number of esters is 1. The summed E-state index contributed by atoms with van der Waals surface area (Å²) in [5.41, 5.74) is 0.722. The van der Waals surface area contributed by atoms with E-state index in [0.29, 0.717) is 11.5 Å². The summed E-state index contributed by atoms with van der Waals surface area (Å²) in [6.45, 7) is 1.53. The highest BCUT2D eigenvalue weighted by Gasteiger charge is 2.17. The lowest BCUT2D eigenvalue weighted by Crippen LogP contribution is -2.34. The Bertz CT molecular complexity index is 543. The topological polar surface area (TPSA) is 65.1 Å². The Kier molecular flexibility index (Phi) is 6.44. The Morgan fingerprint density at radius 1 is 1.09 bits per heavy atom. The molecule has 0 N–H and O–H groups in total. The molecule has 22 heavy (non-hydrogen) atoms. The quantitative estimate of drug-likeness (QED) is 0.591. The largest absolute Gasteiger partial charge is 0.497 e. The van der Waals surface area contributed by atoms with Crippen LogP contribution < -0.4 is 9.47 Å². The molecule has 0 saturated heterocycles. The molecule has 0 spiro atoms. The molecule has 0 heterocycles. The molecule has 0 radical (unpaired) electrons. The molecule has 0 aromatic heterocycles. The highest BCUT2D eigenvalue weighted by Crippen LogP contribution is 2.23. The molecule has 0 bridgehead atoms. The number of carbonyl (C=O) groups is 2. The zero-order valence-corrected chi connectivity index (χ0v) is 13.5. The zero-order valence-electron chi connectivity index (χ0n) is 13.5. The normalized spacial score (nSPS) is 11.9. The highest BCUT2D eigenvalue weighted by atomic mass is 16.5. The van der Waals surface area contributed by atoms with Crippen LogP contribution in [0.2, 0.25) is 0 Å². The number of likely N-dealkylation sites (N-methyl/N-ethyl adjacent to an activating group) is 1. The Balaban J connectivity index is 2.75. The van der Waals surface area contributed by atoms with Gasteiger partial charge in [-0.05, 0) is 30.7 Å². The molecular weight excluding hydrogens is 286 g/mol. The van der Waals surface area contributed by atoms with Crippen molar-refractivity contribution >= 4 is 18.0 Å². The molecular formula is C16H21NO5. The second-order valence-electron chi connectivity index (χ2n) is 4.79. The van der Waals surface area contributed by atoms with Crippen LogP contribution in [0, 0.1) is 0 Å². The monoisotopic (exact) mass is 307 g/mol. The highest BCUT2D eigenvalue weighted by molar-refractivity contribution is 5.90. The summed E-state index contributed by atoms with van der Waals surface area (Å²) < 4.78 is 15.3. The first kappa shape index (κ1) is 17.6. The number of nitrogens with zero attached hydrogens (tertiary/aromatic N) is 1. The second kappa shape index (κ2) is 8.07. The minimum absolute atomic E-state index is 0.273. The van der Waals surface area contributed by atoms with Crippen molar-refractivity contribution < 1.29 is 23.8 Å². The number of carbonyl (C=O) groups excluding carboxylic acids is 2. The van der Waals surface area contributed by atoms with Gasteiger partial charge in [0.1, 0.15) is 11.5 Å². The van der Waals surface area contributed by atoms with E-state index in [9.17, 15) is 9.59 Å². The van der Waals surface area contributed by atoms with Crippen molar-refractivity contribution in [2.75, 3.05) is 28.3 Å². The summed E-state index contributed by atoms with van der Waals surface area (Å²) in [4.78, 5) is 24.7. The average molecular weight is 307 g/mol. The van der Waals surface area contributed by atoms with Gasteiger partial charge in [-0.1, -0.05) is 0 Å². The Labute approximate surface area is 130 Å². The van der Waals surface area contributed by atoms with Crippen LogP contribution in [0.3, 0.4) is 0 Å². The van der Waals surface area contributed by atoms with Gasteiger partial charge in [0.05, 0.1) is 14.2 Å². The van der Waals surface area contributed by atoms with E-state index in [4.69, 9.17) is 14.2 Å². The Morgan fingerprint density at radius 3 is 2.09 bits per heavy atom. The number of hydrogen-bond donors (Lipinski definition) is 0. The molecule has 0 aliphatic carbocycles. The van der Waals surface area contributed by atoms with Crippen molar-refractivity contribution in [2.45, 2.75) is 13.0 Å². The van der Waals surface area contributed by atoms with Crippen molar-refractivity contribution in [3.05, 3.63) is 29.8 Å². The van der Waals surface area contributed by atoms with E-state index >= 15 is 0 Å². The van der Waals surface area contributed by atoms with Crippen LogP contribution in [0.1, 0.15) is 12.5 Å². The third-order valence-electron chi connectivity index (χ3n) is 2.87. The van der Waals surface area contributed by atoms with Gasteiger partial charge in [-0.25, -0.2) is 4.79 Å². The molecule has 0 unspecified atom stereocenters. The number of methoxy groups -OCH3 is 2.